The zero-order valence-corrected chi connectivity index (χ0v) is 14.8. The summed E-state index contributed by atoms with van der Waals surface area (Å²) >= 11 is 1.62. The Morgan fingerprint density at radius 2 is 2.04 bits per heavy atom. The number of rotatable bonds is 7. The molecule has 24 heavy (non-hydrogen) atoms. The van der Waals surface area contributed by atoms with Crippen LogP contribution in [0.15, 0.2) is 23.6 Å². The van der Waals surface area contributed by atoms with Gasteiger partial charge in [-0.05, 0) is 37.9 Å². The second kappa shape index (κ2) is 7.53. The molecule has 0 atom stereocenters. The highest BCUT2D eigenvalue weighted by molar-refractivity contribution is 7.09. The molecule has 2 aromatic heterocycles. The summed E-state index contributed by atoms with van der Waals surface area (Å²) in [5.41, 5.74) is 1.21. The number of halogens is 3. The first-order valence-corrected chi connectivity index (χ1v) is 8.60. The maximum Gasteiger partial charge on any atom is 0.406 e. The lowest BCUT2D eigenvalue weighted by Gasteiger charge is -2.18. The van der Waals surface area contributed by atoms with Gasteiger partial charge in [0.15, 0.2) is 5.78 Å². The Bertz CT molecular complexity index is 689. The van der Waals surface area contributed by atoms with Crippen molar-refractivity contribution in [3.63, 3.8) is 0 Å². The van der Waals surface area contributed by atoms with Gasteiger partial charge in [-0.3, -0.25) is 9.69 Å². The molecule has 132 valence electrons. The van der Waals surface area contributed by atoms with Gasteiger partial charge in [-0.15, -0.1) is 11.3 Å². The van der Waals surface area contributed by atoms with Crippen LogP contribution in [0.4, 0.5) is 13.2 Å². The molecule has 0 aliphatic heterocycles. The molecule has 2 heterocycles. The highest BCUT2D eigenvalue weighted by Gasteiger charge is 2.30. The molecule has 0 N–H and O–H groups in total. The van der Waals surface area contributed by atoms with Crippen LogP contribution in [0.25, 0.3) is 0 Å². The molecule has 0 aromatic carbocycles. The van der Waals surface area contributed by atoms with E-state index in [1.165, 1.54) is 0 Å². The van der Waals surface area contributed by atoms with E-state index in [2.05, 4.69) is 0 Å². The Morgan fingerprint density at radius 1 is 1.33 bits per heavy atom. The maximum atomic E-state index is 12.7. The average Bonchev–Trinajstić information content (AvgIpc) is 3.08. The Balaban J connectivity index is 2.13. The van der Waals surface area contributed by atoms with Crippen LogP contribution in [0.2, 0.25) is 0 Å². The minimum atomic E-state index is -4.30. The van der Waals surface area contributed by atoms with Gasteiger partial charge in [-0.25, -0.2) is 0 Å². The van der Waals surface area contributed by atoms with Gasteiger partial charge < -0.3 is 4.57 Å². The molecule has 0 aliphatic rings. The van der Waals surface area contributed by atoms with Gasteiger partial charge in [0.2, 0.25) is 0 Å². The number of thiophene rings is 1. The molecular weight excluding hydrogens is 337 g/mol. The second-order valence-corrected chi connectivity index (χ2v) is 6.82. The van der Waals surface area contributed by atoms with Gasteiger partial charge >= 0.3 is 6.18 Å². The molecule has 0 spiro atoms. The third-order valence-corrected chi connectivity index (χ3v) is 4.85. The van der Waals surface area contributed by atoms with E-state index < -0.39 is 12.7 Å². The Kier molecular flexibility index (Phi) is 5.87. The number of hydrogen-bond acceptors (Lipinski definition) is 3. The van der Waals surface area contributed by atoms with Crippen LogP contribution in [-0.4, -0.2) is 34.5 Å². The van der Waals surface area contributed by atoms with E-state index in [4.69, 9.17) is 0 Å². The smallest absolute Gasteiger partial charge is 0.339 e. The minimum Gasteiger partial charge on any atom is -0.339 e. The maximum absolute atomic E-state index is 12.7. The van der Waals surface area contributed by atoms with E-state index in [0.29, 0.717) is 30.0 Å². The van der Waals surface area contributed by atoms with Crippen LogP contribution >= 0.6 is 11.3 Å². The topological polar surface area (TPSA) is 25.2 Å². The number of hydrogen-bond donors (Lipinski definition) is 0. The standard InChI is InChI=1S/C17H21F3N2OS/c1-4-21(9-14-6-5-7-24-14)10-16(23)15-8-12(2)22(13(15)3)11-17(18,19)20/h5-8H,4,9-11H2,1-3H3. The van der Waals surface area contributed by atoms with Crippen LogP contribution in [0, 0.1) is 13.8 Å². The van der Waals surface area contributed by atoms with Crippen LogP contribution in [0.3, 0.4) is 0 Å². The monoisotopic (exact) mass is 358 g/mol. The Morgan fingerprint density at radius 3 is 2.58 bits per heavy atom. The summed E-state index contributed by atoms with van der Waals surface area (Å²) in [4.78, 5) is 15.7. The molecule has 0 saturated heterocycles. The normalized spacial score (nSPS) is 12.1. The first-order chi connectivity index (χ1) is 11.2. The third kappa shape index (κ3) is 4.70. The summed E-state index contributed by atoms with van der Waals surface area (Å²) in [5.74, 6) is -0.144. The van der Waals surface area contributed by atoms with Crippen molar-refractivity contribution in [2.24, 2.45) is 0 Å². The minimum absolute atomic E-state index is 0.144. The van der Waals surface area contributed by atoms with Gasteiger partial charge in [-0.1, -0.05) is 13.0 Å². The summed E-state index contributed by atoms with van der Waals surface area (Å²) in [6, 6.07) is 5.52. The summed E-state index contributed by atoms with van der Waals surface area (Å²) in [5, 5.41) is 1.98. The number of ketones is 1. The fourth-order valence-electron chi connectivity index (χ4n) is 2.70. The number of aryl methyl sites for hydroxylation is 1. The van der Waals surface area contributed by atoms with Crippen molar-refractivity contribution >= 4 is 17.1 Å². The van der Waals surface area contributed by atoms with Crippen molar-refractivity contribution in [2.75, 3.05) is 13.1 Å². The quantitative estimate of drug-likeness (QED) is 0.684. The Labute approximate surface area is 143 Å². The van der Waals surface area contributed by atoms with E-state index >= 15 is 0 Å². The van der Waals surface area contributed by atoms with Crippen LogP contribution in [0.5, 0.6) is 0 Å². The summed E-state index contributed by atoms with van der Waals surface area (Å²) in [6.45, 7) is 5.63. The van der Waals surface area contributed by atoms with Gasteiger partial charge in [0.05, 0.1) is 6.54 Å². The first-order valence-electron chi connectivity index (χ1n) is 7.72. The summed E-state index contributed by atoms with van der Waals surface area (Å²) < 4.78 is 39.2. The van der Waals surface area contributed by atoms with Crippen LogP contribution in [0.1, 0.15) is 33.5 Å². The van der Waals surface area contributed by atoms with Gasteiger partial charge in [0.25, 0.3) is 0 Å². The van der Waals surface area contributed by atoms with E-state index in [9.17, 15) is 18.0 Å². The highest BCUT2D eigenvalue weighted by atomic mass is 32.1. The number of carbonyl (C=O) groups excluding carboxylic acids is 1. The Hall–Kier alpha value is -1.60. The van der Waals surface area contributed by atoms with E-state index in [1.807, 2.05) is 29.3 Å². The second-order valence-electron chi connectivity index (χ2n) is 5.79. The zero-order valence-electron chi connectivity index (χ0n) is 14.0. The number of Topliss-reactive ketones (excluding diaryl/α,β-unsaturated/α-hetero) is 1. The number of aromatic nitrogens is 1. The molecule has 0 unspecified atom stereocenters. The van der Waals surface area contributed by atoms with Gasteiger partial charge in [0, 0.05) is 28.4 Å². The fraction of sp³-hybridized carbons (Fsp3) is 0.471. The molecule has 0 fully saturated rings. The molecular formula is C17H21F3N2OS. The predicted molar refractivity (Wildman–Crippen MR) is 89.6 cm³/mol. The third-order valence-electron chi connectivity index (χ3n) is 3.99. The van der Waals surface area contributed by atoms with Crippen molar-refractivity contribution in [2.45, 2.75) is 40.0 Å². The lowest BCUT2D eigenvalue weighted by molar-refractivity contribution is -0.141. The van der Waals surface area contributed by atoms with Crippen molar-refractivity contribution in [1.82, 2.24) is 9.47 Å². The molecule has 0 saturated carbocycles. The lowest BCUT2D eigenvalue weighted by atomic mass is 10.1. The molecule has 2 rings (SSSR count). The number of likely N-dealkylation sites (N-methyl/N-ethyl adjacent to an activating group) is 1. The molecule has 2 aromatic rings. The van der Waals surface area contributed by atoms with E-state index in [0.717, 1.165) is 9.44 Å². The van der Waals surface area contributed by atoms with E-state index in [-0.39, 0.29) is 12.3 Å². The van der Waals surface area contributed by atoms with Crippen molar-refractivity contribution < 1.29 is 18.0 Å². The first kappa shape index (κ1) is 18.7. The number of nitrogens with zero attached hydrogens (tertiary/aromatic N) is 2. The fourth-order valence-corrected chi connectivity index (χ4v) is 3.44. The van der Waals surface area contributed by atoms with E-state index in [1.54, 1.807) is 31.3 Å². The highest BCUT2D eigenvalue weighted by Crippen LogP contribution is 2.23. The molecule has 7 heteroatoms. The summed E-state index contributed by atoms with van der Waals surface area (Å²) in [6.07, 6.45) is -4.30. The summed E-state index contributed by atoms with van der Waals surface area (Å²) in [7, 11) is 0. The van der Waals surface area contributed by atoms with Crippen molar-refractivity contribution in [3.05, 3.63) is 45.4 Å². The number of carbonyl (C=O) groups is 1. The molecule has 0 radical (unpaired) electrons. The van der Waals surface area contributed by atoms with Crippen molar-refractivity contribution in [1.29, 1.82) is 0 Å². The van der Waals surface area contributed by atoms with Crippen LogP contribution < -0.4 is 0 Å². The largest absolute Gasteiger partial charge is 0.406 e. The van der Waals surface area contributed by atoms with Gasteiger partial charge in [-0.2, -0.15) is 13.2 Å². The van der Waals surface area contributed by atoms with Crippen LogP contribution in [-0.2, 0) is 13.1 Å². The molecule has 0 bridgehead atoms. The van der Waals surface area contributed by atoms with Gasteiger partial charge in [0.1, 0.15) is 6.54 Å². The number of alkyl halides is 3. The average molecular weight is 358 g/mol. The molecule has 0 amide bonds. The molecule has 0 aliphatic carbocycles. The zero-order chi connectivity index (χ0) is 17.9. The predicted octanol–water partition coefficient (Wildman–Crippen LogP) is 4.43. The van der Waals surface area contributed by atoms with Crippen molar-refractivity contribution in [3.8, 4) is 0 Å². The molecule has 3 nitrogen and oxygen atoms in total. The SMILES string of the molecule is CCN(CC(=O)c1cc(C)n(CC(F)(F)F)c1C)Cc1cccs1. The lowest BCUT2D eigenvalue weighted by Crippen LogP contribution is -2.29.